The van der Waals surface area contributed by atoms with Crippen molar-refractivity contribution in [3.63, 3.8) is 0 Å². The van der Waals surface area contributed by atoms with E-state index in [1.54, 1.807) is 6.07 Å². The van der Waals surface area contributed by atoms with E-state index in [-0.39, 0.29) is 39.6 Å². The third kappa shape index (κ3) is 4.37. The van der Waals surface area contributed by atoms with E-state index < -0.39 is 10.0 Å². The van der Waals surface area contributed by atoms with Crippen molar-refractivity contribution in [2.45, 2.75) is 37.0 Å². The number of rotatable bonds is 5. The highest BCUT2D eigenvalue weighted by Crippen LogP contribution is 2.43. The molecule has 0 bridgehead atoms. The number of aliphatic hydroxyl groups is 1. The minimum absolute atomic E-state index is 0.00806. The molecule has 0 amide bonds. The molecule has 1 aliphatic rings. The van der Waals surface area contributed by atoms with Crippen molar-refractivity contribution >= 4 is 27.3 Å². The molecule has 0 saturated carbocycles. The molecule has 0 aliphatic carbocycles. The van der Waals surface area contributed by atoms with Crippen LogP contribution in [0.5, 0.6) is 0 Å². The van der Waals surface area contributed by atoms with Gasteiger partial charge < -0.3 is 5.11 Å². The summed E-state index contributed by atoms with van der Waals surface area (Å²) in [6, 6.07) is 15.7. The molecule has 3 aromatic rings. The zero-order valence-corrected chi connectivity index (χ0v) is 20.9. The van der Waals surface area contributed by atoms with Crippen LogP contribution in [-0.4, -0.2) is 31.7 Å². The van der Waals surface area contributed by atoms with Gasteiger partial charge in [-0.25, -0.2) is 13.4 Å². The molecule has 0 spiro atoms. The summed E-state index contributed by atoms with van der Waals surface area (Å²) in [6.45, 7) is 4.22. The van der Waals surface area contributed by atoms with Crippen LogP contribution in [0.4, 0.5) is 5.69 Å². The Morgan fingerprint density at radius 1 is 1.14 bits per heavy atom. The van der Waals surface area contributed by atoms with Gasteiger partial charge in [0.1, 0.15) is 11.8 Å². The molecule has 0 atom stereocenters. The third-order valence-electron chi connectivity index (χ3n) is 6.37. The van der Waals surface area contributed by atoms with Gasteiger partial charge in [-0.2, -0.15) is 10.5 Å². The van der Waals surface area contributed by atoms with Crippen molar-refractivity contribution in [3.8, 4) is 23.3 Å². The first-order chi connectivity index (χ1) is 16.6. The van der Waals surface area contributed by atoms with E-state index in [2.05, 4.69) is 18.8 Å². The fourth-order valence-corrected chi connectivity index (χ4v) is 6.48. The van der Waals surface area contributed by atoms with E-state index in [0.29, 0.717) is 35.3 Å². The van der Waals surface area contributed by atoms with Crippen LogP contribution >= 0.6 is 11.6 Å². The van der Waals surface area contributed by atoms with Crippen LogP contribution < -0.4 is 4.31 Å². The number of benzene rings is 2. The Hall–Kier alpha value is -3.43. The van der Waals surface area contributed by atoms with Gasteiger partial charge in [-0.3, -0.25) is 4.31 Å². The minimum atomic E-state index is -4.05. The van der Waals surface area contributed by atoms with E-state index >= 15 is 0 Å². The number of nitrogens with zero attached hydrogens (tertiary/aromatic N) is 4. The summed E-state index contributed by atoms with van der Waals surface area (Å²) in [7, 11) is -4.05. The Morgan fingerprint density at radius 3 is 2.57 bits per heavy atom. The summed E-state index contributed by atoms with van der Waals surface area (Å²) in [4.78, 5) is 4.05. The predicted octanol–water partition coefficient (Wildman–Crippen LogP) is 4.56. The largest absolute Gasteiger partial charge is 0.396 e. The number of hydrogen-bond donors (Lipinski definition) is 1. The third-order valence-corrected chi connectivity index (χ3v) is 8.58. The van der Waals surface area contributed by atoms with Crippen LogP contribution in [0.3, 0.4) is 0 Å². The molecule has 178 valence electrons. The Balaban J connectivity index is 1.94. The summed E-state index contributed by atoms with van der Waals surface area (Å²) < 4.78 is 29.6. The molecular formula is C26H23ClN4O3S. The van der Waals surface area contributed by atoms with Crippen molar-refractivity contribution in [2.75, 3.05) is 17.5 Å². The molecule has 7 nitrogen and oxygen atoms in total. The van der Waals surface area contributed by atoms with Crippen molar-refractivity contribution in [3.05, 3.63) is 76.1 Å². The number of aliphatic hydroxyl groups excluding tert-OH is 1. The maximum atomic E-state index is 14.1. The lowest BCUT2D eigenvalue weighted by molar-refractivity contribution is 0.298. The molecule has 1 aliphatic heterocycles. The minimum Gasteiger partial charge on any atom is -0.396 e. The number of hydrogen-bond acceptors (Lipinski definition) is 6. The molecule has 0 radical (unpaired) electrons. The number of pyridine rings is 1. The van der Waals surface area contributed by atoms with Gasteiger partial charge in [0.25, 0.3) is 10.0 Å². The van der Waals surface area contributed by atoms with Gasteiger partial charge in [0.2, 0.25) is 0 Å². The number of aromatic nitrogens is 1. The van der Waals surface area contributed by atoms with E-state index in [1.807, 2.05) is 30.3 Å². The highest BCUT2D eigenvalue weighted by Gasteiger charge is 2.37. The van der Waals surface area contributed by atoms with Crippen LogP contribution in [0, 0.1) is 22.7 Å². The lowest BCUT2D eigenvalue weighted by Crippen LogP contribution is -2.41. The van der Waals surface area contributed by atoms with Crippen LogP contribution in [0.25, 0.3) is 11.1 Å². The number of halogens is 1. The van der Waals surface area contributed by atoms with Gasteiger partial charge in [-0.15, -0.1) is 0 Å². The second-order valence-corrected chi connectivity index (χ2v) is 11.2. The van der Waals surface area contributed by atoms with Crippen molar-refractivity contribution in [2.24, 2.45) is 0 Å². The van der Waals surface area contributed by atoms with E-state index in [0.717, 1.165) is 5.56 Å². The Bertz CT molecular complexity index is 1500. The lowest BCUT2D eigenvalue weighted by atomic mass is 9.78. The maximum absolute atomic E-state index is 14.1. The van der Waals surface area contributed by atoms with Crippen molar-refractivity contribution < 1.29 is 13.5 Å². The van der Waals surface area contributed by atoms with Gasteiger partial charge in [0.05, 0.1) is 22.2 Å². The average molecular weight is 507 g/mol. The Kier molecular flexibility index (Phi) is 6.57. The van der Waals surface area contributed by atoms with Gasteiger partial charge in [-0.05, 0) is 53.6 Å². The second kappa shape index (κ2) is 9.31. The summed E-state index contributed by atoms with van der Waals surface area (Å²) in [5.74, 6) is 0. The van der Waals surface area contributed by atoms with Crippen LogP contribution in [0.15, 0.2) is 53.6 Å². The number of para-hydroxylation sites is 1. The van der Waals surface area contributed by atoms with Crippen LogP contribution in [0.2, 0.25) is 5.02 Å². The first-order valence-electron chi connectivity index (χ1n) is 11.0. The number of sulfonamides is 1. The fraction of sp³-hybridized carbons (Fsp3) is 0.269. The van der Waals surface area contributed by atoms with Gasteiger partial charge in [0.15, 0.2) is 0 Å². The smallest absolute Gasteiger partial charge is 0.264 e. The summed E-state index contributed by atoms with van der Waals surface area (Å²) >= 11 is 6.54. The maximum Gasteiger partial charge on any atom is 0.264 e. The SMILES string of the molecule is CC1(C)CCN(S(=O)(=O)c2cc(-c3cnc(C#N)cc3C#N)c(Cl)cc2CCO)c2ccccc21. The Morgan fingerprint density at radius 2 is 1.89 bits per heavy atom. The second-order valence-electron chi connectivity index (χ2n) is 8.98. The highest BCUT2D eigenvalue weighted by molar-refractivity contribution is 7.92. The first kappa shape index (κ1) is 24.7. The zero-order chi connectivity index (χ0) is 25.4. The molecule has 0 fully saturated rings. The predicted molar refractivity (Wildman–Crippen MR) is 134 cm³/mol. The summed E-state index contributed by atoms with van der Waals surface area (Å²) in [6.07, 6.45) is 2.07. The molecular weight excluding hydrogens is 484 g/mol. The average Bonchev–Trinajstić information content (AvgIpc) is 2.84. The standard InChI is InChI=1S/C26H23ClN4O3S/c1-26(2)8-9-31(24-6-4-3-5-22(24)26)35(33,34)25-13-20(23(27)12-17(25)7-10-32)21-16-30-19(15-29)11-18(21)14-28/h3-6,11-13,16,32H,7-10H2,1-2H3. The van der Waals surface area contributed by atoms with Crippen LogP contribution in [-0.2, 0) is 21.9 Å². The molecule has 0 saturated heterocycles. The molecule has 1 aromatic heterocycles. The monoisotopic (exact) mass is 506 g/mol. The molecule has 35 heavy (non-hydrogen) atoms. The normalized spacial score (nSPS) is 14.6. The van der Waals surface area contributed by atoms with E-state index in [4.69, 9.17) is 16.9 Å². The molecule has 9 heteroatoms. The topological polar surface area (TPSA) is 118 Å². The fourth-order valence-electron chi connectivity index (χ4n) is 4.45. The van der Waals surface area contributed by atoms with Gasteiger partial charge >= 0.3 is 0 Å². The summed E-state index contributed by atoms with van der Waals surface area (Å²) in [5, 5.41) is 28.6. The van der Waals surface area contributed by atoms with E-state index in [9.17, 15) is 18.8 Å². The van der Waals surface area contributed by atoms with Gasteiger partial charge in [0, 0.05) is 35.5 Å². The highest BCUT2D eigenvalue weighted by atomic mass is 35.5. The van der Waals surface area contributed by atoms with Crippen molar-refractivity contribution in [1.82, 2.24) is 4.98 Å². The first-order valence-corrected chi connectivity index (χ1v) is 12.8. The number of fused-ring (bicyclic) bond motifs is 1. The molecule has 1 N–H and O–H groups in total. The van der Waals surface area contributed by atoms with Crippen LogP contribution in [0.1, 0.15) is 42.7 Å². The molecule has 0 unspecified atom stereocenters. The molecule has 2 aromatic carbocycles. The number of nitriles is 2. The Labute approximate surface area is 209 Å². The molecule has 4 rings (SSSR count). The quantitative estimate of drug-likeness (QED) is 0.542. The van der Waals surface area contributed by atoms with E-state index in [1.165, 1.54) is 28.7 Å². The lowest BCUT2D eigenvalue weighted by Gasteiger charge is -2.39. The van der Waals surface area contributed by atoms with Gasteiger partial charge in [-0.1, -0.05) is 43.6 Å². The number of anilines is 1. The zero-order valence-electron chi connectivity index (χ0n) is 19.3. The summed E-state index contributed by atoms with van der Waals surface area (Å²) in [5.41, 5.74) is 2.61. The van der Waals surface area contributed by atoms with Crippen molar-refractivity contribution in [1.29, 1.82) is 10.5 Å². The molecule has 2 heterocycles.